The lowest BCUT2D eigenvalue weighted by atomic mass is 10.0. The molecule has 0 unspecified atom stereocenters. The number of nitrogens with one attached hydrogen (secondary N) is 2. The molecule has 6 heteroatoms. The van der Waals surface area contributed by atoms with Gasteiger partial charge in [0.1, 0.15) is 5.75 Å². The molecule has 0 saturated heterocycles. The van der Waals surface area contributed by atoms with Gasteiger partial charge in [0.05, 0.1) is 12.8 Å². The number of rotatable bonds is 5. The Labute approximate surface area is 167 Å². The molecule has 0 aliphatic heterocycles. The molecule has 28 heavy (non-hydrogen) atoms. The van der Waals surface area contributed by atoms with Gasteiger partial charge in [0.2, 0.25) is 0 Å². The van der Waals surface area contributed by atoms with Crippen LogP contribution in [0.5, 0.6) is 5.75 Å². The van der Waals surface area contributed by atoms with Crippen molar-refractivity contribution in [2.45, 2.75) is 6.54 Å². The predicted octanol–water partition coefficient (Wildman–Crippen LogP) is 5.29. The number of thiazole rings is 1. The van der Waals surface area contributed by atoms with Crippen LogP contribution in [0.15, 0.2) is 72.1 Å². The van der Waals surface area contributed by atoms with Crippen molar-refractivity contribution in [1.29, 1.82) is 0 Å². The lowest BCUT2D eigenvalue weighted by Gasteiger charge is -2.08. The maximum absolute atomic E-state index is 12.3. The quantitative estimate of drug-likeness (QED) is 0.487. The summed E-state index contributed by atoms with van der Waals surface area (Å²) in [5.41, 5.74) is 2.82. The van der Waals surface area contributed by atoms with Crippen molar-refractivity contribution in [3.05, 3.63) is 77.7 Å². The van der Waals surface area contributed by atoms with Gasteiger partial charge in [-0.2, -0.15) is 0 Å². The van der Waals surface area contributed by atoms with E-state index in [2.05, 4.69) is 33.8 Å². The van der Waals surface area contributed by atoms with Crippen molar-refractivity contribution in [3.63, 3.8) is 0 Å². The number of hydrogen-bond donors (Lipinski definition) is 2. The highest BCUT2D eigenvalue weighted by Gasteiger charge is 2.09. The Bertz CT molecular complexity index is 1120. The van der Waals surface area contributed by atoms with Gasteiger partial charge < -0.3 is 10.1 Å². The van der Waals surface area contributed by atoms with E-state index in [-0.39, 0.29) is 6.03 Å². The third-order valence-electron chi connectivity index (χ3n) is 4.41. The van der Waals surface area contributed by atoms with Gasteiger partial charge in [-0.05, 0) is 28.5 Å². The van der Waals surface area contributed by atoms with Gasteiger partial charge in [0.25, 0.3) is 0 Å². The van der Waals surface area contributed by atoms with Crippen LogP contribution >= 0.6 is 11.3 Å². The molecule has 1 heterocycles. The van der Waals surface area contributed by atoms with Crippen LogP contribution < -0.4 is 15.4 Å². The molecule has 0 atom stereocenters. The van der Waals surface area contributed by atoms with Crippen LogP contribution in [-0.4, -0.2) is 18.1 Å². The third-order valence-corrected chi connectivity index (χ3v) is 5.17. The minimum Gasteiger partial charge on any atom is -0.497 e. The van der Waals surface area contributed by atoms with E-state index in [1.807, 2.05) is 53.9 Å². The lowest BCUT2D eigenvalue weighted by molar-refractivity contribution is 0.252. The summed E-state index contributed by atoms with van der Waals surface area (Å²) < 4.78 is 5.25. The first-order chi connectivity index (χ1) is 13.7. The van der Waals surface area contributed by atoms with Gasteiger partial charge >= 0.3 is 6.03 Å². The zero-order valence-corrected chi connectivity index (χ0v) is 16.1. The van der Waals surface area contributed by atoms with Gasteiger partial charge in [0.15, 0.2) is 5.13 Å². The zero-order chi connectivity index (χ0) is 19.3. The largest absolute Gasteiger partial charge is 0.497 e. The summed E-state index contributed by atoms with van der Waals surface area (Å²) in [6, 6.07) is 21.6. The number of carbonyl (C=O) groups excluding carboxylic acids is 1. The summed E-state index contributed by atoms with van der Waals surface area (Å²) in [4.78, 5) is 16.8. The maximum atomic E-state index is 12.3. The summed E-state index contributed by atoms with van der Waals surface area (Å²) in [6.45, 7) is 0.446. The average molecular weight is 389 g/mol. The molecule has 0 bridgehead atoms. The van der Waals surface area contributed by atoms with Crippen LogP contribution in [0, 0.1) is 0 Å². The fourth-order valence-electron chi connectivity index (χ4n) is 3.01. The third kappa shape index (κ3) is 3.97. The Balaban J connectivity index is 1.41. The number of nitrogens with zero attached hydrogens (tertiary/aromatic N) is 1. The first-order valence-electron chi connectivity index (χ1n) is 8.84. The number of fused-ring (bicyclic) bond motifs is 1. The van der Waals surface area contributed by atoms with Crippen molar-refractivity contribution >= 4 is 33.3 Å². The molecular formula is C22H19N3O2S. The molecule has 0 radical (unpaired) electrons. The molecule has 4 rings (SSSR count). The highest BCUT2D eigenvalue weighted by molar-refractivity contribution is 7.14. The number of benzene rings is 3. The van der Waals surface area contributed by atoms with Crippen molar-refractivity contribution in [1.82, 2.24) is 10.3 Å². The lowest BCUT2D eigenvalue weighted by Crippen LogP contribution is -2.28. The number of urea groups is 1. The molecule has 0 spiro atoms. The second kappa shape index (κ2) is 8.10. The Morgan fingerprint density at radius 2 is 1.89 bits per heavy atom. The molecule has 5 nitrogen and oxygen atoms in total. The number of ether oxygens (including phenoxy) is 1. The molecule has 0 aliphatic carbocycles. The summed E-state index contributed by atoms with van der Waals surface area (Å²) in [5.74, 6) is 0.771. The molecule has 2 amide bonds. The van der Waals surface area contributed by atoms with Gasteiger partial charge in [-0.15, -0.1) is 11.3 Å². The zero-order valence-electron chi connectivity index (χ0n) is 15.3. The SMILES string of the molecule is COc1cccc(-c2csc(NC(=O)NCc3cccc4ccccc34)n2)c1. The number of amides is 2. The van der Waals surface area contributed by atoms with Crippen LogP contribution in [0.2, 0.25) is 0 Å². The first-order valence-corrected chi connectivity index (χ1v) is 9.72. The molecule has 1 aromatic heterocycles. The molecule has 140 valence electrons. The van der Waals surface area contributed by atoms with E-state index in [1.54, 1.807) is 7.11 Å². The van der Waals surface area contributed by atoms with Crippen molar-refractivity contribution in [2.75, 3.05) is 12.4 Å². The Kier molecular flexibility index (Phi) is 5.21. The van der Waals surface area contributed by atoms with Crippen LogP contribution in [0.25, 0.3) is 22.0 Å². The van der Waals surface area contributed by atoms with E-state index in [0.717, 1.165) is 33.3 Å². The fraction of sp³-hybridized carbons (Fsp3) is 0.0909. The number of aromatic nitrogens is 1. The van der Waals surface area contributed by atoms with E-state index in [1.165, 1.54) is 11.3 Å². The minimum absolute atomic E-state index is 0.278. The van der Waals surface area contributed by atoms with Crippen LogP contribution in [-0.2, 0) is 6.54 Å². The van der Waals surface area contributed by atoms with Gasteiger partial charge in [0, 0.05) is 17.5 Å². The van der Waals surface area contributed by atoms with Crippen molar-refractivity contribution in [2.24, 2.45) is 0 Å². The van der Waals surface area contributed by atoms with Gasteiger partial charge in [-0.1, -0.05) is 54.6 Å². The van der Waals surface area contributed by atoms with Crippen molar-refractivity contribution in [3.8, 4) is 17.0 Å². The standard InChI is InChI=1S/C22H19N3O2S/c1-27-18-10-5-8-16(12-18)20-14-28-22(24-20)25-21(26)23-13-17-9-4-7-15-6-2-3-11-19(15)17/h2-12,14H,13H2,1H3,(H2,23,24,25,26). The van der Waals surface area contributed by atoms with E-state index in [4.69, 9.17) is 4.74 Å². The average Bonchev–Trinajstić information content (AvgIpc) is 3.20. The number of methoxy groups -OCH3 is 1. The van der Waals surface area contributed by atoms with Crippen molar-refractivity contribution < 1.29 is 9.53 Å². The van der Waals surface area contributed by atoms with Crippen LogP contribution in [0.4, 0.5) is 9.93 Å². The number of anilines is 1. The second-order valence-electron chi connectivity index (χ2n) is 6.22. The Morgan fingerprint density at radius 1 is 1.07 bits per heavy atom. The molecule has 0 saturated carbocycles. The van der Waals surface area contributed by atoms with Gasteiger partial charge in [-0.3, -0.25) is 5.32 Å². The fourth-order valence-corrected chi connectivity index (χ4v) is 3.72. The molecule has 4 aromatic rings. The molecule has 3 aromatic carbocycles. The van der Waals surface area contributed by atoms with Crippen LogP contribution in [0.3, 0.4) is 0 Å². The summed E-state index contributed by atoms with van der Waals surface area (Å²) in [7, 11) is 1.63. The second-order valence-corrected chi connectivity index (χ2v) is 7.07. The van der Waals surface area contributed by atoms with Crippen LogP contribution in [0.1, 0.15) is 5.56 Å². The monoisotopic (exact) mass is 389 g/mol. The van der Waals surface area contributed by atoms with E-state index < -0.39 is 0 Å². The van der Waals surface area contributed by atoms with E-state index in [0.29, 0.717) is 11.7 Å². The summed E-state index contributed by atoms with van der Waals surface area (Å²) in [5, 5.41) is 10.5. The molecule has 0 aliphatic rings. The highest BCUT2D eigenvalue weighted by Crippen LogP contribution is 2.27. The molecule has 2 N–H and O–H groups in total. The maximum Gasteiger partial charge on any atom is 0.321 e. The smallest absolute Gasteiger partial charge is 0.321 e. The first kappa shape index (κ1) is 18.0. The Morgan fingerprint density at radius 3 is 2.79 bits per heavy atom. The highest BCUT2D eigenvalue weighted by atomic mass is 32.1. The summed E-state index contributed by atoms with van der Waals surface area (Å²) in [6.07, 6.45) is 0. The van der Waals surface area contributed by atoms with E-state index >= 15 is 0 Å². The minimum atomic E-state index is -0.278. The topological polar surface area (TPSA) is 63.2 Å². The number of hydrogen-bond acceptors (Lipinski definition) is 4. The number of carbonyl (C=O) groups is 1. The van der Waals surface area contributed by atoms with Gasteiger partial charge in [-0.25, -0.2) is 9.78 Å². The normalized spacial score (nSPS) is 10.6. The molecule has 0 fully saturated rings. The molecular weight excluding hydrogens is 370 g/mol. The summed E-state index contributed by atoms with van der Waals surface area (Å²) >= 11 is 1.39. The Hall–Kier alpha value is -3.38. The van der Waals surface area contributed by atoms with E-state index in [9.17, 15) is 4.79 Å². The predicted molar refractivity (Wildman–Crippen MR) is 114 cm³/mol.